The number of rotatable bonds is 7. The number of aromatic nitrogens is 1. The van der Waals surface area contributed by atoms with Crippen molar-refractivity contribution in [3.05, 3.63) is 81.9 Å². The van der Waals surface area contributed by atoms with E-state index in [0.29, 0.717) is 31.9 Å². The minimum absolute atomic E-state index is 0.00671. The van der Waals surface area contributed by atoms with Crippen molar-refractivity contribution in [2.75, 3.05) is 20.3 Å². The van der Waals surface area contributed by atoms with Crippen LogP contribution in [0.4, 0.5) is 0 Å². The Morgan fingerprint density at radius 3 is 2.79 bits per heavy atom. The van der Waals surface area contributed by atoms with Crippen LogP contribution in [0.2, 0.25) is 5.02 Å². The van der Waals surface area contributed by atoms with Gasteiger partial charge in [-0.3, -0.25) is 9.36 Å². The second-order valence-electron chi connectivity index (χ2n) is 7.98. The summed E-state index contributed by atoms with van der Waals surface area (Å²) in [6.07, 6.45) is 1.64. The maximum absolute atomic E-state index is 13.8. The van der Waals surface area contributed by atoms with Crippen LogP contribution >= 0.6 is 38.9 Å². The number of ether oxygens (including phenoxy) is 3. The number of nitriles is 1. The third kappa shape index (κ3) is 5.20. The molecule has 2 heterocycles. The topological polar surface area (TPSA) is 123 Å². The highest BCUT2D eigenvalue weighted by Crippen LogP contribution is 2.40. The number of allylic oxidation sites excluding steroid dienone is 1. The van der Waals surface area contributed by atoms with Gasteiger partial charge >= 0.3 is 5.97 Å². The summed E-state index contributed by atoms with van der Waals surface area (Å²) in [5.41, 5.74) is 1.13. The number of carbonyl (C=O) groups is 1. The maximum Gasteiger partial charge on any atom is 0.338 e. The largest absolute Gasteiger partial charge is 0.503 e. The van der Waals surface area contributed by atoms with E-state index in [4.69, 9.17) is 31.1 Å². The predicted octanol–water partition coefficient (Wildman–Crippen LogP) is 3.83. The summed E-state index contributed by atoms with van der Waals surface area (Å²) >= 11 is 10.8. The first-order valence-electron chi connectivity index (χ1n) is 11.3. The van der Waals surface area contributed by atoms with Gasteiger partial charge in [0.05, 0.1) is 40.6 Å². The minimum atomic E-state index is -0.948. The van der Waals surface area contributed by atoms with Gasteiger partial charge in [-0.15, -0.1) is 0 Å². The van der Waals surface area contributed by atoms with E-state index >= 15 is 0 Å². The van der Waals surface area contributed by atoms with Crippen molar-refractivity contribution in [1.29, 1.82) is 5.26 Å². The number of nitrogens with zero attached hydrogens (tertiary/aromatic N) is 3. The lowest BCUT2D eigenvalue weighted by Gasteiger charge is -2.25. The third-order valence-corrected chi connectivity index (χ3v) is 7.42. The molecule has 196 valence electrons. The van der Waals surface area contributed by atoms with Crippen LogP contribution < -0.4 is 24.4 Å². The van der Waals surface area contributed by atoms with Crippen LogP contribution in [-0.4, -0.2) is 36.0 Å². The molecular formula is C26H21BrClN3O6S. The van der Waals surface area contributed by atoms with Crippen LogP contribution in [0, 0.1) is 11.3 Å². The first kappa shape index (κ1) is 27.4. The molecule has 1 atom stereocenters. The Bertz CT molecular complexity index is 1690. The van der Waals surface area contributed by atoms with Crippen LogP contribution in [0.5, 0.6) is 17.2 Å². The molecule has 2 aromatic carbocycles. The zero-order valence-corrected chi connectivity index (χ0v) is 23.6. The summed E-state index contributed by atoms with van der Waals surface area (Å²) in [5, 5.41) is 19.2. The Hall–Kier alpha value is -3.59. The molecule has 0 saturated carbocycles. The lowest BCUT2D eigenvalue weighted by atomic mass is 9.95. The number of hydrogen-bond donors (Lipinski definition) is 1. The molecule has 0 spiro atoms. The summed E-state index contributed by atoms with van der Waals surface area (Å²) < 4.78 is 18.6. The lowest BCUT2D eigenvalue weighted by molar-refractivity contribution is -0.139. The molecule has 12 heteroatoms. The van der Waals surface area contributed by atoms with Crippen molar-refractivity contribution >= 4 is 50.9 Å². The van der Waals surface area contributed by atoms with Gasteiger partial charge in [0.25, 0.3) is 5.56 Å². The minimum Gasteiger partial charge on any atom is -0.503 e. The molecule has 1 N–H and O–H groups in total. The van der Waals surface area contributed by atoms with E-state index in [-0.39, 0.29) is 35.3 Å². The summed E-state index contributed by atoms with van der Waals surface area (Å²) in [7, 11) is 1.37. The molecule has 0 amide bonds. The molecule has 1 unspecified atom stereocenters. The fourth-order valence-corrected chi connectivity index (χ4v) is 5.66. The number of aromatic hydroxyl groups is 1. The van der Waals surface area contributed by atoms with E-state index in [1.54, 1.807) is 38.1 Å². The van der Waals surface area contributed by atoms with Crippen molar-refractivity contribution in [3.8, 4) is 23.3 Å². The molecule has 0 aliphatic carbocycles. The van der Waals surface area contributed by atoms with E-state index in [2.05, 4.69) is 20.9 Å². The van der Waals surface area contributed by atoms with Gasteiger partial charge in [0.1, 0.15) is 11.8 Å². The Morgan fingerprint density at radius 2 is 2.11 bits per heavy atom. The quantitative estimate of drug-likeness (QED) is 0.399. The average molecular weight is 619 g/mol. The monoisotopic (exact) mass is 617 g/mol. The Balaban J connectivity index is 1.99. The number of fused-ring (bicyclic) bond motifs is 1. The van der Waals surface area contributed by atoms with Gasteiger partial charge in [0.2, 0.25) is 0 Å². The normalized spacial score (nSPS) is 14.9. The fraction of sp³-hybridized carbons (Fsp3) is 0.231. The standard InChI is InChI=1S/C26H21BrClN3O6S/c1-4-36-25(34)21-13(2)30-26-31(22(21)15-10-17(28)23(32)19(11-15)35-3)24(33)20(38-26)12-14-9-16(27)5-6-18(14)37-8-7-29/h5-6,9-12,22,32H,4,8H2,1-3H3/b20-12+. The average Bonchev–Trinajstić information content (AvgIpc) is 3.18. The molecule has 4 rings (SSSR count). The molecular weight excluding hydrogens is 598 g/mol. The molecule has 0 radical (unpaired) electrons. The molecule has 0 fully saturated rings. The van der Waals surface area contributed by atoms with Crippen molar-refractivity contribution in [2.24, 2.45) is 4.99 Å². The summed E-state index contributed by atoms with van der Waals surface area (Å²) in [6.45, 7) is 3.32. The number of phenols is 1. The molecule has 3 aromatic rings. The summed E-state index contributed by atoms with van der Waals surface area (Å²) in [4.78, 5) is 31.8. The van der Waals surface area contributed by atoms with Crippen LogP contribution in [0.1, 0.15) is 31.0 Å². The number of thiazole rings is 1. The second-order valence-corrected chi connectivity index (χ2v) is 10.3. The van der Waals surface area contributed by atoms with Crippen LogP contribution in [0.25, 0.3) is 6.08 Å². The first-order chi connectivity index (χ1) is 18.2. The Kier molecular flexibility index (Phi) is 8.26. The molecule has 9 nitrogen and oxygen atoms in total. The maximum atomic E-state index is 13.8. The molecule has 1 aliphatic rings. The van der Waals surface area contributed by atoms with Gasteiger partial charge in [0, 0.05) is 10.0 Å². The van der Waals surface area contributed by atoms with E-state index < -0.39 is 17.6 Å². The van der Waals surface area contributed by atoms with E-state index in [1.807, 2.05) is 6.07 Å². The van der Waals surface area contributed by atoms with Gasteiger partial charge in [-0.25, -0.2) is 9.79 Å². The van der Waals surface area contributed by atoms with Gasteiger partial charge in [0.15, 0.2) is 22.9 Å². The van der Waals surface area contributed by atoms with Crippen molar-refractivity contribution < 1.29 is 24.1 Å². The first-order valence-corrected chi connectivity index (χ1v) is 13.2. The van der Waals surface area contributed by atoms with E-state index in [0.717, 1.165) is 15.8 Å². The number of hydrogen-bond acceptors (Lipinski definition) is 9. The van der Waals surface area contributed by atoms with Gasteiger partial charge in [-0.05, 0) is 55.8 Å². The van der Waals surface area contributed by atoms with E-state index in [9.17, 15) is 14.7 Å². The highest BCUT2D eigenvalue weighted by atomic mass is 79.9. The second kappa shape index (κ2) is 11.4. The number of halogens is 2. The highest BCUT2D eigenvalue weighted by Gasteiger charge is 2.34. The molecule has 0 bridgehead atoms. The summed E-state index contributed by atoms with van der Waals surface area (Å²) in [6, 6.07) is 9.20. The van der Waals surface area contributed by atoms with Crippen LogP contribution in [0.3, 0.4) is 0 Å². The smallest absolute Gasteiger partial charge is 0.338 e. The SMILES string of the molecule is CCOC(=O)C1=C(C)N=c2s/c(=C/c3cc(Br)ccc3OCC#N)c(=O)n2C1c1cc(Cl)c(O)c(OC)c1. The molecule has 0 saturated heterocycles. The number of phenolic OH excluding ortho intramolecular Hbond substituents is 1. The lowest BCUT2D eigenvalue weighted by Crippen LogP contribution is -2.40. The van der Waals surface area contributed by atoms with Crippen molar-refractivity contribution in [2.45, 2.75) is 19.9 Å². The van der Waals surface area contributed by atoms with Crippen LogP contribution in [-0.2, 0) is 9.53 Å². The predicted molar refractivity (Wildman–Crippen MR) is 145 cm³/mol. The van der Waals surface area contributed by atoms with E-state index in [1.165, 1.54) is 23.8 Å². The number of esters is 1. The Labute approximate surface area is 234 Å². The highest BCUT2D eigenvalue weighted by molar-refractivity contribution is 9.10. The van der Waals surface area contributed by atoms with Crippen molar-refractivity contribution in [3.63, 3.8) is 0 Å². The number of benzene rings is 2. The van der Waals surface area contributed by atoms with Gasteiger partial charge in [-0.2, -0.15) is 5.26 Å². The number of carbonyl (C=O) groups excluding carboxylic acids is 1. The number of methoxy groups -OCH3 is 1. The molecule has 1 aromatic heterocycles. The van der Waals surface area contributed by atoms with Gasteiger partial charge < -0.3 is 19.3 Å². The van der Waals surface area contributed by atoms with Crippen molar-refractivity contribution in [1.82, 2.24) is 4.57 Å². The third-order valence-electron chi connectivity index (χ3n) is 5.65. The zero-order valence-electron chi connectivity index (χ0n) is 20.4. The summed E-state index contributed by atoms with van der Waals surface area (Å²) in [5.74, 6) is -0.380. The Morgan fingerprint density at radius 1 is 1.34 bits per heavy atom. The molecule has 38 heavy (non-hydrogen) atoms. The van der Waals surface area contributed by atoms with Gasteiger partial charge in [-0.1, -0.05) is 38.9 Å². The van der Waals surface area contributed by atoms with Crippen LogP contribution in [0.15, 0.2) is 55.9 Å². The fourth-order valence-electron chi connectivity index (χ4n) is 4.03. The zero-order chi connectivity index (χ0) is 27.6. The molecule has 1 aliphatic heterocycles.